The highest BCUT2D eigenvalue weighted by Gasteiger charge is 2.45. The fourth-order valence-corrected chi connectivity index (χ4v) is 4.61. The molecule has 4 heteroatoms. The Morgan fingerprint density at radius 1 is 1.19 bits per heavy atom. The van der Waals surface area contributed by atoms with Crippen molar-refractivity contribution in [3.8, 4) is 0 Å². The van der Waals surface area contributed by atoms with E-state index in [1.165, 1.54) is 44.6 Å². The lowest BCUT2D eigenvalue weighted by molar-refractivity contribution is 0.0918. The third-order valence-corrected chi connectivity index (χ3v) is 5.84. The fourth-order valence-electron chi connectivity index (χ4n) is 4.20. The van der Waals surface area contributed by atoms with Crippen LogP contribution in [0.1, 0.15) is 44.1 Å². The van der Waals surface area contributed by atoms with Crippen molar-refractivity contribution in [3.63, 3.8) is 0 Å². The molecule has 1 heterocycles. The van der Waals surface area contributed by atoms with Crippen LogP contribution in [0.3, 0.4) is 0 Å². The minimum atomic E-state index is -0.136. The molecule has 116 valence electrons. The molecule has 0 amide bonds. The molecule has 1 aromatic rings. The Balaban J connectivity index is 1.81. The number of nitrogens with zero attached hydrogens (tertiary/aromatic N) is 1. The van der Waals surface area contributed by atoms with Crippen LogP contribution in [0, 0.1) is 5.82 Å². The molecule has 0 spiro atoms. The van der Waals surface area contributed by atoms with Crippen LogP contribution in [-0.2, 0) is 6.42 Å². The van der Waals surface area contributed by atoms with E-state index < -0.39 is 0 Å². The zero-order chi connectivity index (χ0) is 14.9. The van der Waals surface area contributed by atoms with Gasteiger partial charge in [0, 0.05) is 16.1 Å². The summed E-state index contributed by atoms with van der Waals surface area (Å²) in [5.74, 6) is -0.136. The molecule has 1 saturated heterocycles. The molecule has 2 aliphatic rings. The highest BCUT2D eigenvalue weighted by atomic mass is 79.9. The van der Waals surface area contributed by atoms with E-state index in [1.54, 1.807) is 6.07 Å². The topological polar surface area (TPSA) is 29.3 Å². The largest absolute Gasteiger partial charge is 0.326 e. The fraction of sp³-hybridized carbons (Fsp3) is 0.647. The summed E-state index contributed by atoms with van der Waals surface area (Å²) in [7, 11) is 0. The maximum atomic E-state index is 14.0. The lowest BCUT2D eigenvalue weighted by Crippen LogP contribution is -2.58. The van der Waals surface area contributed by atoms with Gasteiger partial charge in [0.25, 0.3) is 0 Å². The van der Waals surface area contributed by atoms with Crippen LogP contribution in [0.5, 0.6) is 0 Å². The van der Waals surface area contributed by atoms with Crippen molar-refractivity contribution in [3.05, 3.63) is 34.1 Å². The lowest BCUT2D eigenvalue weighted by Gasteiger charge is -2.43. The molecule has 1 atom stereocenters. The summed E-state index contributed by atoms with van der Waals surface area (Å²) < 4.78 is 15.0. The van der Waals surface area contributed by atoms with Crippen LogP contribution in [0.4, 0.5) is 4.39 Å². The molecule has 0 radical (unpaired) electrons. The molecule has 2 N–H and O–H groups in total. The zero-order valence-electron chi connectivity index (χ0n) is 12.5. The molecule has 3 rings (SSSR count). The van der Waals surface area contributed by atoms with Crippen molar-refractivity contribution >= 4 is 15.9 Å². The maximum absolute atomic E-state index is 14.0. The van der Waals surface area contributed by atoms with Crippen LogP contribution >= 0.6 is 15.9 Å². The Morgan fingerprint density at radius 3 is 2.52 bits per heavy atom. The quantitative estimate of drug-likeness (QED) is 0.889. The minimum Gasteiger partial charge on any atom is -0.326 e. The summed E-state index contributed by atoms with van der Waals surface area (Å²) in [5.41, 5.74) is 7.46. The second-order valence-electron chi connectivity index (χ2n) is 6.55. The third-order valence-electron chi connectivity index (χ3n) is 5.34. The van der Waals surface area contributed by atoms with Crippen molar-refractivity contribution in [2.75, 3.05) is 13.1 Å². The van der Waals surface area contributed by atoms with E-state index in [9.17, 15) is 4.39 Å². The van der Waals surface area contributed by atoms with E-state index in [0.29, 0.717) is 6.42 Å². The SMILES string of the molecule is NC(Cc1cc(Br)ccc1F)C1(N2CCCC2)CCCC1. The number of halogens is 2. The molecule has 1 aromatic carbocycles. The van der Waals surface area contributed by atoms with Gasteiger partial charge >= 0.3 is 0 Å². The molecular formula is C17H24BrFN2. The maximum Gasteiger partial charge on any atom is 0.126 e. The summed E-state index contributed by atoms with van der Waals surface area (Å²) >= 11 is 3.43. The molecule has 1 aliphatic carbocycles. The molecular weight excluding hydrogens is 331 g/mol. The second kappa shape index (κ2) is 6.35. The molecule has 1 aliphatic heterocycles. The summed E-state index contributed by atoms with van der Waals surface area (Å²) in [6.45, 7) is 2.32. The van der Waals surface area contributed by atoms with Gasteiger partial charge in [-0.2, -0.15) is 0 Å². The van der Waals surface area contributed by atoms with Crippen LogP contribution < -0.4 is 5.73 Å². The lowest BCUT2D eigenvalue weighted by atomic mass is 9.83. The van der Waals surface area contributed by atoms with E-state index in [4.69, 9.17) is 5.73 Å². The molecule has 2 fully saturated rings. The number of likely N-dealkylation sites (tertiary alicyclic amines) is 1. The predicted octanol–water partition coefficient (Wildman–Crippen LogP) is 3.87. The van der Waals surface area contributed by atoms with E-state index in [2.05, 4.69) is 20.8 Å². The predicted molar refractivity (Wildman–Crippen MR) is 87.8 cm³/mol. The highest BCUT2D eigenvalue weighted by Crippen LogP contribution is 2.40. The van der Waals surface area contributed by atoms with Gasteiger partial charge in [0.15, 0.2) is 0 Å². The van der Waals surface area contributed by atoms with Crippen LogP contribution in [0.2, 0.25) is 0 Å². The Bertz CT molecular complexity index is 494. The van der Waals surface area contributed by atoms with Crippen molar-refractivity contribution < 1.29 is 4.39 Å². The van der Waals surface area contributed by atoms with E-state index >= 15 is 0 Å². The second-order valence-corrected chi connectivity index (χ2v) is 7.47. The van der Waals surface area contributed by atoms with Crippen LogP contribution in [0.25, 0.3) is 0 Å². The van der Waals surface area contributed by atoms with E-state index in [0.717, 1.165) is 23.1 Å². The van der Waals surface area contributed by atoms with Crippen molar-refractivity contribution in [1.82, 2.24) is 4.90 Å². The number of hydrogen-bond acceptors (Lipinski definition) is 2. The zero-order valence-corrected chi connectivity index (χ0v) is 14.0. The van der Waals surface area contributed by atoms with E-state index in [1.807, 2.05) is 6.07 Å². The monoisotopic (exact) mass is 354 g/mol. The molecule has 1 unspecified atom stereocenters. The smallest absolute Gasteiger partial charge is 0.126 e. The highest BCUT2D eigenvalue weighted by molar-refractivity contribution is 9.10. The Morgan fingerprint density at radius 2 is 1.86 bits per heavy atom. The standard InChI is InChI=1S/C17H24BrFN2/c18-14-5-6-15(19)13(11-14)12-16(20)17(7-1-2-8-17)21-9-3-4-10-21/h5-6,11,16H,1-4,7-10,12,20H2. The van der Waals surface area contributed by atoms with Crippen LogP contribution in [0.15, 0.2) is 22.7 Å². The van der Waals surface area contributed by atoms with E-state index in [-0.39, 0.29) is 17.4 Å². The summed E-state index contributed by atoms with van der Waals surface area (Å²) in [4.78, 5) is 2.60. The Kier molecular flexibility index (Phi) is 4.67. The van der Waals surface area contributed by atoms with Crippen molar-refractivity contribution in [2.45, 2.75) is 56.5 Å². The van der Waals surface area contributed by atoms with Gasteiger partial charge in [-0.25, -0.2) is 4.39 Å². The number of rotatable bonds is 4. The first kappa shape index (κ1) is 15.4. The van der Waals surface area contributed by atoms with Gasteiger partial charge in [0.05, 0.1) is 0 Å². The van der Waals surface area contributed by atoms with Crippen molar-refractivity contribution in [2.24, 2.45) is 5.73 Å². The molecule has 0 bridgehead atoms. The van der Waals surface area contributed by atoms with Gasteiger partial charge in [-0.05, 0) is 69.0 Å². The first-order chi connectivity index (χ1) is 10.1. The van der Waals surface area contributed by atoms with Gasteiger partial charge in [0.1, 0.15) is 5.82 Å². The summed E-state index contributed by atoms with van der Waals surface area (Å²) in [6.07, 6.45) is 8.03. The average molecular weight is 355 g/mol. The molecule has 1 saturated carbocycles. The first-order valence-electron chi connectivity index (χ1n) is 8.06. The van der Waals surface area contributed by atoms with Crippen LogP contribution in [-0.4, -0.2) is 29.6 Å². The number of nitrogens with two attached hydrogens (primary N) is 1. The average Bonchev–Trinajstić information content (AvgIpc) is 3.13. The molecule has 21 heavy (non-hydrogen) atoms. The minimum absolute atomic E-state index is 0.0156. The van der Waals surface area contributed by atoms with Gasteiger partial charge in [-0.15, -0.1) is 0 Å². The van der Waals surface area contributed by atoms with Gasteiger partial charge < -0.3 is 5.73 Å². The van der Waals surface area contributed by atoms with Gasteiger partial charge in [-0.1, -0.05) is 28.8 Å². The number of hydrogen-bond donors (Lipinski definition) is 1. The Hall–Kier alpha value is -0.450. The summed E-state index contributed by atoms with van der Waals surface area (Å²) in [5, 5.41) is 0. The van der Waals surface area contributed by atoms with Gasteiger partial charge in [0.2, 0.25) is 0 Å². The normalized spacial score (nSPS) is 23.6. The third kappa shape index (κ3) is 3.03. The first-order valence-corrected chi connectivity index (χ1v) is 8.86. The summed E-state index contributed by atoms with van der Waals surface area (Å²) in [6, 6.07) is 5.17. The molecule has 2 nitrogen and oxygen atoms in total. The Labute approximate surface area is 135 Å². The van der Waals surface area contributed by atoms with Gasteiger partial charge in [-0.3, -0.25) is 4.90 Å². The number of benzene rings is 1. The molecule has 0 aromatic heterocycles. The van der Waals surface area contributed by atoms with Crippen molar-refractivity contribution in [1.29, 1.82) is 0 Å².